The highest BCUT2D eigenvalue weighted by Crippen LogP contribution is 2.21. The van der Waals surface area contributed by atoms with Crippen LogP contribution in [0.25, 0.3) is 0 Å². The Hall–Kier alpha value is -1.20. The summed E-state index contributed by atoms with van der Waals surface area (Å²) < 4.78 is 18.2. The Morgan fingerprint density at radius 2 is 2.28 bits per heavy atom. The summed E-state index contributed by atoms with van der Waals surface area (Å²) in [7, 11) is 1.64. The lowest BCUT2D eigenvalue weighted by atomic mass is 10.1. The molecule has 0 saturated carbocycles. The van der Waals surface area contributed by atoms with Crippen molar-refractivity contribution in [2.24, 2.45) is 0 Å². The van der Waals surface area contributed by atoms with Crippen LogP contribution in [0.15, 0.2) is 12.3 Å². The Balaban J connectivity index is 3.03. The van der Waals surface area contributed by atoms with E-state index in [-0.39, 0.29) is 12.6 Å². The number of ether oxygens (including phenoxy) is 1. The number of aliphatic hydroxyl groups is 1. The molecule has 1 rings (SSSR count). The number of aliphatic hydroxyl groups excluding tert-OH is 1. The summed E-state index contributed by atoms with van der Waals surface area (Å²) in [6.45, 7) is 5.15. The predicted octanol–water partition coefficient (Wildman–Crippen LogP) is 1.96. The van der Waals surface area contributed by atoms with E-state index in [0.29, 0.717) is 24.5 Å². The van der Waals surface area contributed by atoms with Crippen molar-refractivity contribution < 1.29 is 14.2 Å². The van der Waals surface area contributed by atoms with E-state index in [9.17, 15) is 9.50 Å². The Labute approximate surface area is 107 Å². The van der Waals surface area contributed by atoms with Crippen LogP contribution in [0, 0.1) is 5.82 Å². The zero-order chi connectivity index (χ0) is 13.5. The van der Waals surface area contributed by atoms with E-state index < -0.39 is 5.82 Å². The third-order valence-corrected chi connectivity index (χ3v) is 3.01. The largest absolute Gasteiger partial charge is 0.392 e. The van der Waals surface area contributed by atoms with E-state index in [1.54, 1.807) is 7.11 Å². The highest BCUT2D eigenvalue weighted by molar-refractivity contribution is 5.47. The number of halogens is 1. The Morgan fingerprint density at radius 3 is 2.83 bits per heavy atom. The minimum absolute atomic E-state index is 0.222. The smallest absolute Gasteiger partial charge is 0.142 e. The maximum absolute atomic E-state index is 13.1. The van der Waals surface area contributed by atoms with Crippen LogP contribution in [-0.4, -0.2) is 36.4 Å². The lowest BCUT2D eigenvalue weighted by Gasteiger charge is -2.30. The molecule has 0 saturated heterocycles. The molecule has 0 aliphatic rings. The fourth-order valence-electron chi connectivity index (χ4n) is 1.79. The van der Waals surface area contributed by atoms with E-state index in [4.69, 9.17) is 4.74 Å². The van der Waals surface area contributed by atoms with E-state index in [1.165, 1.54) is 12.3 Å². The van der Waals surface area contributed by atoms with Crippen LogP contribution < -0.4 is 4.90 Å². The van der Waals surface area contributed by atoms with E-state index in [0.717, 1.165) is 6.42 Å². The number of anilines is 1. The Morgan fingerprint density at radius 1 is 1.56 bits per heavy atom. The minimum atomic E-state index is -0.432. The fraction of sp³-hybridized carbons (Fsp3) is 0.615. The van der Waals surface area contributed by atoms with Gasteiger partial charge in [-0.15, -0.1) is 0 Å². The summed E-state index contributed by atoms with van der Waals surface area (Å²) in [4.78, 5) is 6.14. The van der Waals surface area contributed by atoms with Crippen LogP contribution in [0.5, 0.6) is 0 Å². The number of pyridine rings is 1. The summed E-state index contributed by atoms with van der Waals surface area (Å²) >= 11 is 0. The fourth-order valence-corrected chi connectivity index (χ4v) is 1.79. The van der Waals surface area contributed by atoms with Crippen LogP contribution in [-0.2, 0) is 11.3 Å². The van der Waals surface area contributed by atoms with Gasteiger partial charge in [0.25, 0.3) is 0 Å². The first-order chi connectivity index (χ1) is 8.63. The van der Waals surface area contributed by atoms with Crippen LogP contribution in [0.3, 0.4) is 0 Å². The second kappa shape index (κ2) is 7.28. The lowest BCUT2D eigenvalue weighted by Crippen LogP contribution is -2.36. The Kier molecular flexibility index (Phi) is 6.01. The molecule has 18 heavy (non-hydrogen) atoms. The van der Waals surface area contributed by atoms with Crippen molar-refractivity contribution in [3.05, 3.63) is 23.6 Å². The van der Waals surface area contributed by atoms with Gasteiger partial charge in [-0.25, -0.2) is 9.37 Å². The second-order valence-corrected chi connectivity index (χ2v) is 4.24. The molecule has 1 heterocycles. The molecule has 1 N–H and O–H groups in total. The van der Waals surface area contributed by atoms with Gasteiger partial charge < -0.3 is 14.7 Å². The van der Waals surface area contributed by atoms with Gasteiger partial charge >= 0.3 is 0 Å². The van der Waals surface area contributed by atoms with Gasteiger partial charge in [-0.3, -0.25) is 0 Å². The number of hydrogen-bond acceptors (Lipinski definition) is 4. The average Bonchev–Trinajstić information content (AvgIpc) is 2.39. The number of hydrogen-bond donors (Lipinski definition) is 1. The van der Waals surface area contributed by atoms with Crippen molar-refractivity contribution in [2.75, 3.05) is 25.2 Å². The maximum Gasteiger partial charge on any atom is 0.142 e. The van der Waals surface area contributed by atoms with Crippen LogP contribution in [0.2, 0.25) is 0 Å². The first-order valence-electron chi connectivity index (χ1n) is 6.14. The molecule has 0 bridgehead atoms. The first-order valence-corrected chi connectivity index (χ1v) is 6.14. The summed E-state index contributed by atoms with van der Waals surface area (Å²) in [5.41, 5.74) is 0.506. The third kappa shape index (κ3) is 3.65. The van der Waals surface area contributed by atoms with Gasteiger partial charge in [0.15, 0.2) is 0 Å². The quantitative estimate of drug-likeness (QED) is 0.810. The van der Waals surface area contributed by atoms with Gasteiger partial charge in [0.05, 0.1) is 19.4 Å². The zero-order valence-electron chi connectivity index (χ0n) is 11.2. The molecule has 0 amide bonds. The molecule has 0 aliphatic carbocycles. The van der Waals surface area contributed by atoms with E-state index in [1.807, 2.05) is 4.90 Å². The summed E-state index contributed by atoms with van der Waals surface area (Å²) in [5, 5.41) is 9.31. The molecule has 5 heteroatoms. The number of aromatic nitrogens is 1. The lowest BCUT2D eigenvalue weighted by molar-refractivity contribution is 0.202. The van der Waals surface area contributed by atoms with E-state index >= 15 is 0 Å². The summed E-state index contributed by atoms with van der Waals surface area (Å²) in [5.74, 6) is 0.198. The zero-order valence-corrected chi connectivity index (χ0v) is 11.2. The van der Waals surface area contributed by atoms with Crippen LogP contribution in [0.1, 0.15) is 25.8 Å². The average molecular weight is 256 g/mol. The van der Waals surface area contributed by atoms with Crippen molar-refractivity contribution in [1.29, 1.82) is 0 Å². The number of methoxy groups -OCH3 is 1. The van der Waals surface area contributed by atoms with Gasteiger partial charge in [-0.05, 0) is 19.4 Å². The van der Waals surface area contributed by atoms with Crippen LogP contribution >= 0.6 is 0 Å². The van der Waals surface area contributed by atoms with Crippen LogP contribution in [0.4, 0.5) is 10.2 Å². The van der Waals surface area contributed by atoms with E-state index in [2.05, 4.69) is 18.8 Å². The standard InChI is InChI=1S/C13H21FN2O2/c1-4-10(2)16(5-6-18-3)13-11(9-17)7-12(14)8-15-13/h7-8,10,17H,4-6,9H2,1-3H3. The molecule has 0 spiro atoms. The van der Waals surface area contributed by atoms with Crippen molar-refractivity contribution in [1.82, 2.24) is 4.98 Å². The molecule has 0 fully saturated rings. The maximum atomic E-state index is 13.1. The SMILES string of the molecule is CCC(C)N(CCOC)c1ncc(F)cc1CO. The summed E-state index contributed by atoms with van der Waals surface area (Å²) in [6.07, 6.45) is 2.12. The molecule has 1 aromatic rings. The van der Waals surface area contributed by atoms with Crippen molar-refractivity contribution in [3.63, 3.8) is 0 Å². The van der Waals surface area contributed by atoms with Crippen molar-refractivity contribution in [3.8, 4) is 0 Å². The minimum Gasteiger partial charge on any atom is -0.392 e. The third-order valence-electron chi connectivity index (χ3n) is 3.01. The molecular formula is C13H21FN2O2. The molecular weight excluding hydrogens is 235 g/mol. The molecule has 1 unspecified atom stereocenters. The molecule has 1 atom stereocenters. The molecule has 0 aliphatic heterocycles. The van der Waals surface area contributed by atoms with Gasteiger partial charge in [0, 0.05) is 25.3 Å². The summed E-state index contributed by atoms with van der Waals surface area (Å²) in [6, 6.07) is 1.58. The monoisotopic (exact) mass is 256 g/mol. The molecule has 1 aromatic heterocycles. The Bertz CT molecular complexity index is 374. The van der Waals surface area contributed by atoms with Gasteiger partial charge in [-0.2, -0.15) is 0 Å². The first kappa shape index (κ1) is 14.9. The second-order valence-electron chi connectivity index (χ2n) is 4.24. The van der Waals surface area contributed by atoms with Crippen molar-refractivity contribution >= 4 is 5.82 Å². The molecule has 102 valence electrons. The molecule has 0 radical (unpaired) electrons. The molecule has 4 nitrogen and oxygen atoms in total. The highest BCUT2D eigenvalue weighted by atomic mass is 19.1. The number of rotatable bonds is 7. The number of nitrogens with zero attached hydrogens (tertiary/aromatic N) is 2. The van der Waals surface area contributed by atoms with Gasteiger partial charge in [0.2, 0.25) is 0 Å². The highest BCUT2D eigenvalue weighted by Gasteiger charge is 2.17. The molecule has 0 aromatic carbocycles. The van der Waals surface area contributed by atoms with Crippen molar-refractivity contribution in [2.45, 2.75) is 32.9 Å². The van der Waals surface area contributed by atoms with Gasteiger partial charge in [0.1, 0.15) is 11.6 Å². The normalized spacial score (nSPS) is 12.5. The predicted molar refractivity (Wildman–Crippen MR) is 69.1 cm³/mol. The topological polar surface area (TPSA) is 45.6 Å². The van der Waals surface area contributed by atoms with Gasteiger partial charge in [-0.1, -0.05) is 6.92 Å².